The summed E-state index contributed by atoms with van der Waals surface area (Å²) in [5.41, 5.74) is 0.976. The van der Waals surface area contributed by atoms with E-state index in [4.69, 9.17) is 14.5 Å². The minimum absolute atomic E-state index is 0.184. The van der Waals surface area contributed by atoms with Crippen LogP contribution in [0.1, 0.15) is 24.1 Å². The molecule has 1 aromatic heterocycles. The van der Waals surface area contributed by atoms with Gasteiger partial charge in [-0.2, -0.15) is 0 Å². The number of carbonyl (C=O) groups is 1. The van der Waals surface area contributed by atoms with Gasteiger partial charge in [-0.25, -0.2) is 4.99 Å². The first kappa shape index (κ1) is 22.3. The van der Waals surface area contributed by atoms with E-state index in [-0.39, 0.29) is 11.5 Å². The van der Waals surface area contributed by atoms with Crippen LogP contribution in [-0.2, 0) is 4.79 Å². The van der Waals surface area contributed by atoms with E-state index in [1.807, 2.05) is 91.9 Å². The summed E-state index contributed by atoms with van der Waals surface area (Å²) >= 11 is 1.30. The number of fused-ring (bicyclic) bond motifs is 6. The smallest absolute Gasteiger partial charge is 0.270 e. The summed E-state index contributed by atoms with van der Waals surface area (Å²) < 4.78 is 13.8. The number of benzene rings is 3. The number of methoxy groups -OCH3 is 1. The highest BCUT2D eigenvalue weighted by Crippen LogP contribution is 2.47. The number of nitrogens with one attached hydrogen (secondary N) is 1. The SMILES string of the molecule is COc1ccc(/C=c2\sc3n(c2=O)[C@H]2c4ccccc4O[C@@](C)(N=3)[C@@H]2C(=O)Nc2ccccc2)cc1. The molecule has 0 radical (unpaired) electrons. The summed E-state index contributed by atoms with van der Waals surface area (Å²) in [5.74, 6) is 0.367. The highest BCUT2D eigenvalue weighted by atomic mass is 32.1. The third-order valence-electron chi connectivity index (χ3n) is 6.62. The van der Waals surface area contributed by atoms with Crippen LogP contribution in [0.25, 0.3) is 6.08 Å². The number of anilines is 1. The fraction of sp³-hybridized carbons (Fsp3) is 0.179. The molecule has 6 rings (SSSR count). The Bertz CT molecular complexity index is 1640. The number of hydrogen-bond acceptors (Lipinski definition) is 6. The molecule has 7 nitrogen and oxygen atoms in total. The number of thiazole rings is 1. The minimum Gasteiger partial charge on any atom is -0.497 e. The molecule has 1 amide bonds. The lowest BCUT2D eigenvalue weighted by atomic mass is 9.80. The Morgan fingerprint density at radius 1 is 1.08 bits per heavy atom. The van der Waals surface area contributed by atoms with Gasteiger partial charge in [0.15, 0.2) is 4.80 Å². The molecule has 4 aromatic rings. The highest BCUT2D eigenvalue weighted by molar-refractivity contribution is 7.07. The van der Waals surface area contributed by atoms with Crippen molar-refractivity contribution in [3.8, 4) is 11.5 Å². The van der Waals surface area contributed by atoms with Crippen LogP contribution in [0.15, 0.2) is 88.6 Å². The summed E-state index contributed by atoms with van der Waals surface area (Å²) in [7, 11) is 1.61. The monoisotopic (exact) mass is 497 g/mol. The van der Waals surface area contributed by atoms with E-state index < -0.39 is 17.7 Å². The third-order valence-corrected chi connectivity index (χ3v) is 7.60. The predicted molar refractivity (Wildman–Crippen MR) is 138 cm³/mol. The molecule has 180 valence electrons. The predicted octanol–water partition coefficient (Wildman–Crippen LogP) is 3.33. The second-order valence-corrected chi connectivity index (χ2v) is 9.93. The van der Waals surface area contributed by atoms with Crippen LogP contribution in [-0.4, -0.2) is 23.3 Å². The summed E-state index contributed by atoms with van der Waals surface area (Å²) in [4.78, 5) is 32.8. The Kier molecular flexibility index (Phi) is 5.26. The van der Waals surface area contributed by atoms with Gasteiger partial charge in [0, 0.05) is 11.3 Å². The molecule has 3 heterocycles. The van der Waals surface area contributed by atoms with E-state index in [0.29, 0.717) is 20.8 Å². The maximum Gasteiger partial charge on any atom is 0.270 e. The van der Waals surface area contributed by atoms with Crippen LogP contribution in [0, 0.1) is 5.92 Å². The van der Waals surface area contributed by atoms with E-state index in [0.717, 1.165) is 16.9 Å². The zero-order chi connectivity index (χ0) is 24.9. The number of carbonyl (C=O) groups excluding carboxylic acids is 1. The van der Waals surface area contributed by atoms with Gasteiger partial charge >= 0.3 is 0 Å². The maximum absolute atomic E-state index is 13.8. The van der Waals surface area contributed by atoms with Crippen molar-refractivity contribution in [1.29, 1.82) is 0 Å². The van der Waals surface area contributed by atoms with Crippen molar-refractivity contribution in [2.24, 2.45) is 10.9 Å². The van der Waals surface area contributed by atoms with Crippen molar-refractivity contribution in [2.45, 2.75) is 18.7 Å². The van der Waals surface area contributed by atoms with E-state index in [2.05, 4.69) is 5.32 Å². The molecular weight excluding hydrogens is 474 g/mol. The van der Waals surface area contributed by atoms with Gasteiger partial charge in [-0.1, -0.05) is 59.9 Å². The zero-order valence-corrected chi connectivity index (χ0v) is 20.5. The standard InChI is InChI=1S/C28H23N3O4S/c1-28-23(25(32)29-18-8-4-3-5-9-18)24(20-10-6-7-11-21(20)35-28)31-26(33)22(36-27(31)30-28)16-17-12-14-19(34-2)15-13-17/h3-16,23-24H,1-2H3,(H,29,32)/b22-16-/t23-,24-,28+/m0/s1. The molecule has 0 saturated heterocycles. The molecule has 0 spiro atoms. The van der Waals surface area contributed by atoms with Crippen LogP contribution >= 0.6 is 11.3 Å². The lowest BCUT2D eigenvalue weighted by Crippen LogP contribution is -2.59. The Morgan fingerprint density at radius 3 is 2.56 bits per heavy atom. The number of para-hydroxylation sites is 2. The number of amides is 1. The molecule has 0 fully saturated rings. The molecule has 2 bridgehead atoms. The average Bonchev–Trinajstić information content (AvgIpc) is 3.17. The number of nitrogens with zero attached hydrogens (tertiary/aromatic N) is 2. The number of ether oxygens (including phenoxy) is 2. The van der Waals surface area contributed by atoms with Gasteiger partial charge in [-0.05, 0) is 48.9 Å². The van der Waals surface area contributed by atoms with Crippen molar-refractivity contribution < 1.29 is 14.3 Å². The Hall–Kier alpha value is -4.17. The van der Waals surface area contributed by atoms with Crippen molar-refractivity contribution >= 4 is 29.0 Å². The van der Waals surface area contributed by atoms with Crippen LogP contribution in [0.5, 0.6) is 11.5 Å². The molecule has 0 aliphatic carbocycles. The topological polar surface area (TPSA) is 81.9 Å². The van der Waals surface area contributed by atoms with E-state index >= 15 is 0 Å². The van der Waals surface area contributed by atoms with Gasteiger partial charge < -0.3 is 14.8 Å². The molecule has 8 heteroatoms. The van der Waals surface area contributed by atoms with Gasteiger partial charge in [0.2, 0.25) is 11.6 Å². The van der Waals surface area contributed by atoms with Crippen LogP contribution in [0.3, 0.4) is 0 Å². The highest BCUT2D eigenvalue weighted by Gasteiger charge is 2.55. The van der Waals surface area contributed by atoms with Gasteiger partial charge in [-0.15, -0.1) is 0 Å². The molecule has 0 saturated carbocycles. The molecule has 1 N–H and O–H groups in total. The molecule has 3 aromatic carbocycles. The molecule has 36 heavy (non-hydrogen) atoms. The van der Waals surface area contributed by atoms with Crippen LogP contribution in [0.2, 0.25) is 0 Å². The summed E-state index contributed by atoms with van der Waals surface area (Å²) in [5, 5.41) is 2.99. The summed E-state index contributed by atoms with van der Waals surface area (Å²) in [6, 6.07) is 23.7. The van der Waals surface area contributed by atoms with Gasteiger partial charge in [0.05, 0.1) is 17.7 Å². The molecule has 0 unspecified atom stereocenters. The second-order valence-electron chi connectivity index (χ2n) is 8.93. The molecule has 3 atom stereocenters. The lowest BCUT2D eigenvalue weighted by molar-refractivity contribution is -0.131. The Labute approximate surface area is 211 Å². The first-order chi connectivity index (χ1) is 17.5. The van der Waals surface area contributed by atoms with Crippen molar-refractivity contribution in [3.63, 3.8) is 0 Å². The quantitative estimate of drug-likeness (QED) is 0.469. The maximum atomic E-state index is 13.8. The summed E-state index contributed by atoms with van der Waals surface area (Å²) in [6.45, 7) is 1.81. The van der Waals surface area contributed by atoms with Crippen molar-refractivity contribution in [2.75, 3.05) is 12.4 Å². The van der Waals surface area contributed by atoms with Gasteiger partial charge in [0.25, 0.3) is 5.56 Å². The lowest BCUT2D eigenvalue weighted by Gasteiger charge is -2.45. The normalized spacial score (nSPS) is 22.0. The molecule has 2 aliphatic heterocycles. The van der Waals surface area contributed by atoms with Crippen molar-refractivity contribution in [3.05, 3.63) is 110 Å². The van der Waals surface area contributed by atoms with E-state index in [1.54, 1.807) is 11.7 Å². The zero-order valence-electron chi connectivity index (χ0n) is 19.7. The van der Waals surface area contributed by atoms with Crippen molar-refractivity contribution in [1.82, 2.24) is 4.57 Å². The largest absolute Gasteiger partial charge is 0.497 e. The number of rotatable bonds is 4. The third kappa shape index (κ3) is 3.61. The van der Waals surface area contributed by atoms with E-state index in [1.165, 1.54) is 11.3 Å². The van der Waals surface area contributed by atoms with Gasteiger partial charge in [0.1, 0.15) is 17.4 Å². The van der Waals surface area contributed by atoms with Gasteiger partial charge in [-0.3, -0.25) is 14.2 Å². The summed E-state index contributed by atoms with van der Waals surface area (Å²) in [6.07, 6.45) is 1.84. The van der Waals surface area contributed by atoms with Crippen LogP contribution in [0.4, 0.5) is 5.69 Å². The average molecular weight is 498 g/mol. The van der Waals surface area contributed by atoms with E-state index in [9.17, 15) is 9.59 Å². The Balaban J connectivity index is 1.52. The second kappa shape index (κ2) is 8.49. The fourth-order valence-electron chi connectivity index (χ4n) is 4.94. The number of hydrogen-bond donors (Lipinski definition) is 1. The minimum atomic E-state index is -1.17. The van der Waals surface area contributed by atoms with Crippen LogP contribution < -0.4 is 29.7 Å². The first-order valence-corrected chi connectivity index (χ1v) is 12.4. The molecular formula is C28H23N3O4S. The number of aromatic nitrogens is 1. The molecule has 2 aliphatic rings. The fourth-order valence-corrected chi connectivity index (χ4v) is 6.04. The first-order valence-electron chi connectivity index (χ1n) is 11.6. The Morgan fingerprint density at radius 2 is 1.81 bits per heavy atom.